The maximum atomic E-state index is 12.6. The van der Waals surface area contributed by atoms with Crippen molar-refractivity contribution in [2.45, 2.75) is 57.7 Å². The summed E-state index contributed by atoms with van der Waals surface area (Å²) in [6.07, 6.45) is 6.75. The Morgan fingerprint density at radius 3 is 2.91 bits per heavy atom. The van der Waals surface area contributed by atoms with E-state index in [1.54, 1.807) is 17.8 Å². The van der Waals surface area contributed by atoms with Gasteiger partial charge in [0.05, 0.1) is 17.9 Å². The van der Waals surface area contributed by atoms with E-state index in [1.807, 2.05) is 13.0 Å². The Morgan fingerprint density at radius 2 is 2.12 bits per heavy atom. The van der Waals surface area contributed by atoms with Gasteiger partial charge in [0.25, 0.3) is 5.22 Å². The molecule has 1 N–H and O–H groups in total. The molecule has 3 heterocycles. The standard InChI is InChI=1S/C21H25N5O4S2/c1-3-29-20(28)18-14-7-5-4-6-8-15(14)32-19(18)23-16(27)12-31-21-25-24-17(30-21)11-26-13(2)9-10-22-26/h9-10H,3-8,11-12H2,1-2H3,(H,23,27). The number of ether oxygens (including phenoxy) is 1. The lowest BCUT2D eigenvalue weighted by molar-refractivity contribution is -0.113. The quantitative estimate of drug-likeness (QED) is 0.297. The molecule has 170 valence electrons. The molecule has 4 rings (SSSR count). The van der Waals surface area contributed by atoms with Gasteiger partial charge in [-0.15, -0.1) is 21.5 Å². The highest BCUT2D eigenvalue weighted by molar-refractivity contribution is 7.99. The van der Waals surface area contributed by atoms with Gasteiger partial charge in [-0.3, -0.25) is 9.48 Å². The summed E-state index contributed by atoms with van der Waals surface area (Å²) in [6, 6.07) is 1.89. The molecule has 0 aliphatic heterocycles. The molecule has 1 aliphatic rings. The molecule has 3 aromatic heterocycles. The zero-order valence-corrected chi connectivity index (χ0v) is 19.7. The van der Waals surface area contributed by atoms with Gasteiger partial charge in [0.2, 0.25) is 11.8 Å². The van der Waals surface area contributed by atoms with E-state index < -0.39 is 0 Å². The van der Waals surface area contributed by atoms with Gasteiger partial charge < -0.3 is 14.5 Å². The third kappa shape index (κ3) is 5.21. The van der Waals surface area contributed by atoms with E-state index in [0.717, 1.165) is 55.1 Å². The van der Waals surface area contributed by atoms with Crippen molar-refractivity contribution in [3.8, 4) is 0 Å². The molecule has 1 amide bonds. The molecule has 9 nitrogen and oxygen atoms in total. The fourth-order valence-electron chi connectivity index (χ4n) is 3.59. The number of carbonyl (C=O) groups excluding carboxylic acids is 2. The molecule has 0 saturated heterocycles. The van der Waals surface area contributed by atoms with Crippen LogP contribution in [0.5, 0.6) is 0 Å². The molecule has 0 saturated carbocycles. The van der Waals surface area contributed by atoms with Crippen LogP contribution in [0.3, 0.4) is 0 Å². The normalized spacial score (nSPS) is 13.4. The number of thiophene rings is 1. The highest BCUT2D eigenvalue weighted by Crippen LogP contribution is 2.38. The zero-order chi connectivity index (χ0) is 22.5. The summed E-state index contributed by atoms with van der Waals surface area (Å²) in [7, 11) is 0. The number of carbonyl (C=O) groups is 2. The number of esters is 1. The Balaban J connectivity index is 1.40. The third-order valence-electron chi connectivity index (χ3n) is 5.14. The Hall–Kier alpha value is -2.66. The highest BCUT2D eigenvalue weighted by atomic mass is 32.2. The number of anilines is 1. The van der Waals surface area contributed by atoms with Crippen LogP contribution in [-0.4, -0.2) is 44.2 Å². The number of nitrogens with zero attached hydrogens (tertiary/aromatic N) is 4. The average Bonchev–Trinajstić information content (AvgIpc) is 3.43. The second-order valence-corrected chi connectivity index (χ2v) is 9.45. The largest absolute Gasteiger partial charge is 0.462 e. The number of fused-ring (bicyclic) bond motifs is 1. The molecule has 0 spiro atoms. The van der Waals surface area contributed by atoms with Crippen molar-refractivity contribution in [3.05, 3.63) is 39.9 Å². The maximum Gasteiger partial charge on any atom is 0.341 e. The number of thioether (sulfide) groups is 1. The van der Waals surface area contributed by atoms with Crippen molar-refractivity contribution in [2.24, 2.45) is 0 Å². The number of hydrogen-bond acceptors (Lipinski definition) is 9. The van der Waals surface area contributed by atoms with E-state index >= 15 is 0 Å². The fourth-order valence-corrected chi connectivity index (χ4v) is 5.47. The van der Waals surface area contributed by atoms with E-state index in [9.17, 15) is 9.59 Å². The summed E-state index contributed by atoms with van der Waals surface area (Å²) in [6.45, 7) is 4.40. The van der Waals surface area contributed by atoms with Crippen LogP contribution in [0.4, 0.5) is 5.00 Å². The number of aryl methyl sites for hydroxylation is 2. The van der Waals surface area contributed by atoms with Gasteiger partial charge in [-0.25, -0.2) is 4.79 Å². The molecule has 11 heteroatoms. The van der Waals surface area contributed by atoms with Gasteiger partial charge in [0.15, 0.2) is 0 Å². The first kappa shape index (κ1) is 22.5. The highest BCUT2D eigenvalue weighted by Gasteiger charge is 2.26. The lowest BCUT2D eigenvalue weighted by Crippen LogP contribution is -2.16. The number of rotatable bonds is 8. The first-order valence-electron chi connectivity index (χ1n) is 10.6. The molecule has 32 heavy (non-hydrogen) atoms. The summed E-state index contributed by atoms with van der Waals surface area (Å²) in [5.41, 5.74) is 2.54. The van der Waals surface area contributed by atoms with E-state index in [0.29, 0.717) is 34.8 Å². The lowest BCUT2D eigenvalue weighted by Gasteiger charge is -2.08. The van der Waals surface area contributed by atoms with Crippen LogP contribution >= 0.6 is 23.1 Å². The van der Waals surface area contributed by atoms with Crippen LogP contribution in [0.1, 0.15) is 58.6 Å². The van der Waals surface area contributed by atoms with Crippen molar-refractivity contribution in [1.29, 1.82) is 0 Å². The van der Waals surface area contributed by atoms with Crippen LogP contribution in [0.2, 0.25) is 0 Å². The SMILES string of the molecule is CCOC(=O)c1c(NC(=O)CSc2nnc(Cn3nccc3C)o2)sc2c1CCCCC2. The predicted molar refractivity (Wildman–Crippen MR) is 121 cm³/mol. The Kier molecular flexibility index (Phi) is 7.26. The lowest BCUT2D eigenvalue weighted by atomic mass is 10.1. The number of hydrogen-bond donors (Lipinski definition) is 1. The molecule has 0 bridgehead atoms. The van der Waals surface area contributed by atoms with Crippen molar-refractivity contribution in [2.75, 3.05) is 17.7 Å². The van der Waals surface area contributed by atoms with Crippen LogP contribution in [0, 0.1) is 6.92 Å². The van der Waals surface area contributed by atoms with Gasteiger partial charge in [-0.2, -0.15) is 5.10 Å². The van der Waals surface area contributed by atoms with Crippen molar-refractivity contribution < 1.29 is 18.7 Å². The zero-order valence-electron chi connectivity index (χ0n) is 18.0. The second kappa shape index (κ2) is 10.3. The monoisotopic (exact) mass is 475 g/mol. The van der Waals surface area contributed by atoms with Gasteiger partial charge in [0.1, 0.15) is 11.5 Å². The third-order valence-corrected chi connectivity index (χ3v) is 7.17. The Morgan fingerprint density at radius 1 is 1.28 bits per heavy atom. The van der Waals surface area contributed by atoms with Crippen molar-refractivity contribution >= 4 is 40.0 Å². The average molecular weight is 476 g/mol. The van der Waals surface area contributed by atoms with Crippen molar-refractivity contribution in [3.63, 3.8) is 0 Å². The number of amides is 1. The first-order valence-corrected chi connectivity index (χ1v) is 12.4. The Labute approximate surface area is 193 Å². The summed E-state index contributed by atoms with van der Waals surface area (Å²) in [4.78, 5) is 26.4. The molecule has 0 radical (unpaired) electrons. The smallest absolute Gasteiger partial charge is 0.341 e. The van der Waals surface area contributed by atoms with E-state index in [4.69, 9.17) is 9.15 Å². The molecule has 0 atom stereocenters. The van der Waals surface area contributed by atoms with Gasteiger partial charge in [0, 0.05) is 16.8 Å². The van der Waals surface area contributed by atoms with Crippen LogP contribution in [0.15, 0.2) is 21.9 Å². The molecule has 0 aromatic carbocycles. The Bertz CT molecular complexity index is 1100. The molecular formula is C21H25N5O4S2. The van der Waals surface area contributed by atoms with Crippen LogP contribution in [-0.2, 0) is 28.9 Å². The minimum absolute atomic E-state index is 0.0905. The van der Waals surface area contributed by atoms with E-state index in [1.165, 1.54) is 16.2 Å². The van der Waals surface area contributed by atoms with Gasteiger partial charge in [-0.05, 0) is 51.2 Å². The summed E-state index contributed by atoms with van der Waals surface area (Å²) in [5, 5.41) is 16.0. The molecular weight excluding hydrogens is 450 g/mol. The van der Waals surface area contributed by atoms with Gasteiger partial charge >= 0.3 is 5.97 Å². The van der Waals surface area contributed by atoms with Crippen molar-refractivity contribution in [1.82, 2.24) is 20.0 Å². The first-order chi connectivity index (χ1) is 15.5. The summed E-state index contributed by atoms with van der Waals surface area (Å²) in [5.74, 6) is -0.0935. The van der Waals surface area contributed by atoms with Gasteiger partial charge in [-0.1, -0.05) is 18.2 Å². The molecule has 0 unspecified atom stereocenters. The molecule has 1 aliphatic carbocycles. The topological polar surface area (TPSA) is 112 Å². The molecule has 3 aromatic rings. The minimum atomic E-state index is -0.370. The summed E-state index contributed by atoms with van der Waals surface area (Å²) >= 11 is 2.64. The predicted octanol–water partition coefficient (Wildman–Crippen LogP) is 3.86. The van der Waals surface area contributed by atoms with Crippen LogP contribution in [0.25, 0.3) is 0 Å². The van der Waals surface area contributed by atoms with Crippen LogP contribution < -0.4 is 5.32 Å². The summed E-state index contributed by atoms with van der Waals surface area (Å²) < 4.78 is 12.6. The second-order valence-electron chi connectivity index (χ2n) is 7.42. The van der Waals surface area contributed by atoms with E-state index in [2.05, 4.69) is 20.6 Å². The fraction of sp³-hybridized carbons (Fsp3) is 0.476. The molecule has 0 fully saturated rings. The van der Waals surface area contributed by atoms with E-state index in [-0.39, 0.29) is 17.6 Å². The number of aromatic nitrogens is 4. The maximum absolute atomic E-state index is 12.6. The minimum Gasteiger partial charge on any atom is -0.462 e. The number of nitrogens with one attached hydrogen (secondary N) is 1.